The molecule has 0 atom stereocenters. The van der Waals surface area contributed by atoms with Gasteiger partial charge in [-0.3, -0.25) is 0 Å². The van der Waals surface area contributed by atoms with Crippen molar-refractivity contribution in [1.29, 1.82) is 0 Å². The molecule has 0 unspecified atom stereocenters. The van der Waals surface area contributed by atoms with Gasteiger partial charge in [-0.1, -0.05) is 0 Å². The predicted octanol–water partition coefficient (Wildman–Crippen LogP) is -1.40. The minimum atomic E-state index is -0.216. The van der Waals surface area contributed by atoms with Crippen LogP contribution in [0, 0.1) is 5.92 Å². The molecule has 4 heteroatoms. The predicted molar refractivity (Wildman–Crippen MR) is 35.6 cm³/mol. The fourth-order valence-corrected chi connectivity index (χ4v) is 0.478. The van der Waals surface area contributed by atoms with Crippen LogP contribution in [0.1, 0.15) is 0 Å². The van der Waals surface area contributed by atoms with E-state index in [0.29, 0.717) is 6.61 Å². The molecule has 0 aromatic rings. The number of ether oxygens (including phenoxy) is 1. The maximum Gasteiger partial charge on any atom is 0.0697 e. The quantitative estimate of drug-likeness (QED) is 0.407. The van der Waals surface area contributed by atoms with E-state index in [4.69, 9.17) is 20.1 Å². The third kappa shape index (κ3) is 4.69. The van der Waals surface area contributed by atoms with E-state index in [1.807, 2.05) is 0 Å². The Morgan fingerprint density at radius 2 is 1.70 bits per heavy atom. The van der Waals surface area contributed by atoms with Crippen molar-refractivity contribution in [2.45, 2.75) is 0 Å². The summed E-state index contributed by atoms with van der Waals surface area (Å²) in [5, 5.41) is 25.3. The van der Waals surface area contributed by atoms with Crippen LogP contribution in [0.5, 0.6) is 0 Å². The van der Waals surface area contributed by atoms with Crippen molar-refractivity contribution in [3.63, 3.8) is 0 Å². The Balaban J connectivity index is 3.09. The maximum absolute atomic E-state index is 8.52. The van der Waals surface area contributed by atoms with Crippen molar-refractivity contribution in [3.8, 4) is 0 Å². The van der Waals surface area contributed by atoms with Gasteiger partial charge in [-0.05, 0) is 0 Å². The van der Waals surface area contributed by atoms with Gasteiger partial charge in [0.25, 0.3) is 0 Å². The molecule has 4 nitrogen and oxygen atoms in total. The van der Waals surface area contributed by atoms with Crippen molar-refractivity contribution in [1.82, 2.24) is 0 Å². The zero-order chi connectivity index (χ0) is 7.82. The maximum atomic E-state index is 8.52. The van der Waals surface area contributed by atoms with Crippen LogP contribution in [0.4, 0.5) is 0 Å². The van der Waals surface area contributed by atoms with Gasteiger partial charge in [0.15, 0.2) is 0 Å². The van der Waals surface area contributed by atoms with Crippen LogP contribution in [-0.4, -0.2) is 48.4 Å². The molecular formula is C6H14O4. The summed E-state index contributed by atoms with van der Waals surface area (Å²) in [7, 11) is 0. The lowest BCUT2D eigenvalue weighted by Gasteiger charge is -2.09. The molecule has 0 aromatic carbocycles. The lowest BCUT2D eigenvalue weighted by atomic mass is 10.2. The Labute approximate surface area is 60.1 Å². The van der Waals surface area contributed by atoms with Crippen molar-refractivity contribution in [2.24, 2.45) is 5.92 Å². The van der Waals surface area contributed by atoms with Gasteiger partial charge in [0.05, 0.1) is 33.0 Å². The molecule has 0 aliphatic heterocycles. The van der Waals surface area contributed by atoms with Crippen LogP contribution in [0.25, 0.3) is 0 Å². The highest BCUT2D eigenvalue weighted by atomic mass is 16.5. The zero-order valence-corrected chi connectivity index (χ0v) is 5.86. The van der Waals surface area contributed by atoms with Crippen LogP contribution in [0.15, 0.2) is 0 Å². The summed E-state index contributed by atoms with van der Waals surface area (Å²) in [6, 6.07) is 0. The first kappa shape index (κ1) is 9.84. The Morgan fingerprint density at radius 1 is 1.10 bits per heavy atom. The monoisotopic (exact) mass is 150 g/mol. The molecule has 0 aliphatic carbocycles. The number of hydrogen-bond donors (Lipinski definition) is 3. The molecule has 0 radical (unpaired) electrons. The third-order valence-corrected chi connectivity index (χ3v) is 1.11. The van der Waals surface area contributed by atoms with Crippen LogP contribution < -0.4 is 0 Å². The standard InChI is InChI=1S/C6H14O4/c7-1-2-10-5-6(3-8)4-9/h6-9H,1-5H2. The second-order valence-electron chi connectivity index (χ2n) is 2.03. The van der Waals surface area contributed by atoms with E-state index in [9.17, 15) is 0 Å². The van der Waals surface area contributed by atoms with Gasteiger partial charge in [-0.25, -0.2) is 0 Å². The molecule has 10 heavy (non-hydrogen) atoms. The van der Waals surface area contributed by atoms with Gasteiger partial charge >= 0.3 is 0 Å². The fourth-order valence-electron chi connectivity index (χ4n) is 0.478. The summed E-state index contributed by atoms with van der Waals surface area (Å²) in [4.78, 5) is 0. The van der Waals surface area contributed by atoms with Gasteiger partial charge in [0, 0.05) is 5.92 Å². The SMILES string of the molecule is OCCOCC(CO)CO. The summed E-state index contributed by atoms with van der Waals surface area (Å²) in [5.74, 6) is -0.216. The molecule has 0 aromatic heterocycles. The van der Waals surface area contributed by atoms with Gasteiger partial charge in [-0.2, -0.15) is 0 Å². The lowest BCUT2D eigenvalue weighted by molar-refractivity contribution is 0.0294. The molecule has 0 aliphatic rings. The molecule has 3 N–H and O–H groups in total. The highest BCUT2D eigenvalue weighted by molar-refractivity contribution is 4.52. The number of aliphatic hydroxyl groups excluding tert-OH is 3. The molecule has 0 amide bonds. The summed E-state index contributed by atoms with van der Waals surface area (Å²) < 4.78 is 4.86. The molecule has 0 bridgehead atoms. The van der Waals surface area contributed by atoms with E-state index in [1.54, 1.807) is 0 Å². The van der Waals surface area contributed by atoms with E-state index in [-0.39, 0.29) is 32.3 Å². The topological polar surface area (TPSA) is 69.9 Å². The molecule has 0 rings (SSSR count). The Kier molecular flexibility index (Phi) is 6.84. The van der Waals surface area contributed by atoms with Gasteiger partial charge in [-0.15, -0.1) is 0 Å². The van der Waals surface area contributed by atoms with Crippen molar-refractivity contribution in [2.75, 3.05) is 33.0 Å². The van der Waals surface area contributed by atoms with Gasteiger partial charge in [0.2, 0.25) is 0 Å². The van der Waals surface area contributed by atoms with Crippen LogP contribution in [0.2, 0.25) is 0 Å². The van der Waals surface area contributed by atoms with Crippen LogP contribution in [0.3, 0.4) is 0 Å². The first-order valence-electron chi connectivity index (χ1n) is 3.25. The molecule has 62 valence electrons. The molecule has 0 saturated heterocycles. The normalized spacial score (nSPS) is 10.8. The van der Waals surface area contributed by atoms with E-state index >= 15 is 0 Å². The number of aliphatic hydroxyl groups is 3. The second-order valence-corrected chi connectivity index (χ2v) is 2.03. The van der Waals surface area contributed by atoms with Crippen LogP contribution in [-0.2, 0) is 4.74 Å². The molecule has 0 saturated carbocycles. The van der Waals surface area contributed by atoms with Gasteiger partial charge < -0.3 is 20.1 Å². The Morgan fingerprint density at radius 3 is 2.10 bits per heavy atom. The fraction of sp³-hybridized carbons (Fsp3) is 1.00. The van der Waals surface area contributed by atoms with E-state index in [1.165, 1.54) is 0 Å². The van der Waals surface area contributed by atoms with Crippen molar-refractivity contribution >= 4 is 0 Å². The highest BCUT2D eigenvalue weighted by Crippen LogP contribution is 1.93. The third-order valence-electron chi connectivity index (χ3n) is 1.11. The first-order valence-corrected chi connectivity index (χ1v) is 3.25. The average molecular weight is 150 g/mol. The minimum Gasteiger partial charge on any atom is -0.396 e. The van der Waals surface area contributed by atoms with Crippen molar-refractivity contribution in [3.05, 3.63) is 0 Å². The van der Waals surface area contributed by atoms with E-state index < -0.39 is 0 Å². The summed E-state index contributed by atoms with van der Waals surface area (Å²) in [5.41, 5.74) is 0. The molecule has 0 spiro atoms. The minimum absolute atomic E-state index is 0.0242. The molecule has 0 fully saturated rings. The summed E-state index contributed by atoms with van der Waals surface area (Å²) in [6.07, 6.45) is 0. The Bertz CT molecular complexity index is 62.8. The van der Waals surface area contributed by atoms with Crippen molar-refractivity contribution < 1.29 is 20.1 Å². The number of hydrogen-bond acceptors (Lipinski definition) is 4. The molecule has 0 heterocycles. The number of rotatable bonds is 6. The highest BCUT2D eigenvalue weighted by Gasteiger charge is 2.04. The zero-order valence-electron chi connectivity index (χ0n) is 5.86. The van der Waals surface area contributed by atoms with E-state index in [2.05, 4.69) is 0 Å². The van der Waals surface area contributed by atoms with Gasteiger partial charge in [0.1, 0.15) is 0 Å². The molecular weight excluding hydrogens is 136 g/mol. The first-order chi connectivity index (χ1) is 4.85. The Hall–Kier alpha value is -0.160. The average Bonchev–Trinajstić information content (AvgIpc) is 1.99. The lowest BCUT2D eigenvalue weighted by Crippen LogP contribution is -2.18. The second kappa shape index (κ2) is 6.95. The van der Waals surface area contributed by atoms with E-state index in [0.717, 1.165) is 0 Å². The summed E-state index contributed by atoms with van der Waals surface area (Å²) >= 11 is 0. The summed E-state index contributed by atoms with van der Waals surface area (Å²) in [6.45, 7) is 0.373. The largest absolute Gasteiger partial charge is 0.396 e. The smallest absolute Gasteiger partial charge is 0.0697 e. The van der Waals surface area contributed by atoms with Crippen LogP contribution >= 0.6 is 0 Å².